The highest BCUT2D eigenvalue weighted by molar-refractivity contribution is 14.0. The molecular formula is C19H27F6IN4O. The number of halogens is 7. The number of morpholine rings is 1. The lowest BCUT2D eigenvalue weighted by atomic mass is 10.0. The van der Waals surface area contributed by atoms with Gasteiger partial charge in [0.1, 0.15) is 6.10 Å². The molecular weight excluding hydrogens is 541 g/mol. The van der Waals surface area contributed by atoms with Gasteiger partial charge in [-0.2, -0.15) is 26.3 Å². The molecule has 178 valence electrons. The van der Waals surface area contributed by atoms with Crippen molar-refractivity contribution in [1.82, 2.24) is 15.1 Å². The van der Waals surface area contributed by atoms with Crippen LogP contribution >= 0.6 is 24.0 Å². The van der Waals surface area contributed by atoms with Gasteiger partial charge in [-0.05, 0) is 37.7 Å². The van der Waals surface area contributed by atoms with Crippen LogP contribution in [0.2, 0.25) is 0 Å². The fourth-order valence-corrected chi connectivity index (χ4v) is 3.23. The molecule has 0 amide bonds. The summed E-state index contributed by atoms with van der Waals surface area (Å²) in [6, 6.07) is 5.04. The first-order chi connectivity index (χ1) is 14.0. The summed E-state index contributed by atoms with van der Waals surface area (Å²) in [5.41, 5.74) is -0.301. The summed E-state index contributed by atoms with van der Waals surface area (Å²) in [5.74, 6) is 0.536. The van der Waals surface area contributed by atoms with E-state index in [9.17, 15) is 26.3 Å². The Bertz CT molecular complexity index is 713. The van der Waals surface area contributed by atoms with Gasteiger partial charge in [-0.25, -0.2) is 0 Å². The first kappa shape index (κ1) is 27.8. The Morgan fingerprint density at radius 1 is 1.26 bits per heavy atom. The summed E-state index contributed by atoms with van der Waals surface area (Å²) >= 11 is 0. The van der Waals surface area contributed by atoms with Crippen LogP contribution in [0.5, 0.6) is 0 Å². The number of alkyl halides is 6. The van der Waals surface area contributed by atoms with Crippen LogP contribution in [0.3, 0.4) is 0 Å². The summed E-state index contributed by atoms with van der Waals surface area (Å²) in [7, 11) is 2.98. The number of hydrogen-bond donors (Lipinski definition) is 1. The maximum absolute atomic E-state index is 13.0. The summed E-state index contributed by atoms with van der Waals surface area (Å²) in [5, 5.41) is 3.10. The van der Waals surface area contributed by atoms with Crippen LogP contribution in [0.25, 0.3) is 0 Å². The monoisotopic (exact) mass is 568 g/mol. The van der Waals surface area contributed by atoms with Gasteiger partial charge in [0.05, 0.1) is 25.3 Å². The van der Waals surface area contributed by atoms with E-state index >= 15 is 0 Å². The van der Waals surface area contributed by atoms with Crippen LogP contribution in [-0.4, -0.2) is 75.4 Å². The molecule has 5 nitrogen and oxygen atoms in total. The number of ether oxygens (including phenoxy) is 1. The molecule has 1 aromatic carbocycles. The summed E-state index contributed by atoms with van der Waals surface area (Å²) in [4.78, 5) is 7.24. The molecule has 1 atom stereocenters. The minimum absolute atomic E-state index is 0. The largest absolute Gasteiger partial charge is 0.416 e. The Kier molecular flexibility index (Phi) is 10.8. The maximum atomic E-state index is 13.0. The highest BCUT2D eigenvalue weighted by Crippen LogP contribution is 2.32. The molecule has 31 heavy (non-hydrogen) atoms. The van der Waals surface area contributed by atoms with E-state index in [0.717, 1.165) is 12.1 Å². The van der Waals surface area contributed by atoms with Gasteiger partial charge in [-0.1, -0.05) is 12.1 Å². The molecule has 1 N–H and O–H groups in total. The van der Waals surface area contributed by atoms with E-state index in [0.29, 0.717) is 44.2 Å². The molecule has 0 radical (unpaired) electrons. The van der Waals surface area contributed by atoms with Crippen LogP contribution in [0.1, 0.15) is 23.7 Å². The zero-order valence-corrected chi connectivity index (χ0v) is 19.6. The second kappa shape index (κ2) is 12.1. The molecule has 0 bridgehead atoms. The average molecular weight is 568 g/mol. The van der Waals surface area contributed by atoms with Gasteiger partial charge in [0.15, 0.2) is 5.96 Å². The Morgan fingerprint density at radius 2 is 1.97 bits per heavy atom. The van der Waals surface area contributed by atoms with Crippen LogP contribution < -0.4 is 5.32 Å². The molecule has 12 heteroatoms. The Morgan fingerprint density at radius 3 is 2.58 bits per heavy atom. The second-order valence-corrected chi connectivity index (χ2v) is 7.11. The molecule has 0 aliphatic carbocycles. The van der Waals surface area contributed by atoms with Gasteiger partial charge in [0.25, 0.3) is 0 Å². The molecule has 0 saturated carbocycles. The van der Waals surface area contributed by atoms with Crippen LogP contribution in [-0.2, 0) is 10.9 Å². The van der Waals surface area contributed by atoms with E-state index in [2.05, 4.69) is 10.3 Å². The molecule has 0 spiro atoms. The minimum Gasteiger partial charge on any atom is -0.370 e. The van der Waals surface area contributed by atoms with Gasteiger partial charge in [-0.15, -0.1) is 24.0 Å². The molecule has 1 aliphatic rings. The van der Waals surface area contributed by atoms with Crippen molar-refractivity contribution in [1.29, 1.82) is 0 Å². The Balaban J connectivity index is 0.00000480. The van der Waals surface area contributed by atoms with Crippen molar-refractivity contribution in [3.8, 4) is 0 Å². The zero-order chi connectivity index (χ0) is 22.4. The standard InChI is InChI=1S/C19H26F6N4O.HI/c1-26-17(27-7-4-8-28(2)13-18(20,21)22)29-9-10-30-16(12-29)14-5-3-6-15(11-14)19(23,24)25;/h3,5-6,11,16H,4,7-10,12-13H2,1-2H3,(H,26,27);1H. The molecule has 1 aromatic rings. The van der Waals surface area contributed by atoms with Crippen molar-refractivity contribution in [3.63, 3.8) is 0 Å². The summed E-state index contributed by atoms with van der Waals surface area (Å²) in [6.45, 7) is 0.845. The van der Waals surface area contributed by atoms with Crippen molar-refractivity contribution < 1.29 is 31.1 Å². The zero-order valence-electron chi connectivity index (χ0n) is 17.3. The molecule has 1 saturated heterocycles. The maximum Gasteiger partial charge on any atom is 0.416 e. The molecule has 0 aromatic heterocycles. The number of benzene rings is 1. The van der Waals surface area contributed by atoms with Crippen molar-refractivity contribution >= 4 is 29.9 Å². The number of nitrogens with one attached hydrogen (secondary N) is 1. The molecule has 1 heterocycles. The molecule has 1 unspecified atom stereocenters. The fourth-order valence-electron chi connectivity index (χ4n) is 3.23. The number of hydrogen-bond acceptors (Lipinski definition) is 3. The lowest BCUT2D eigenvalue weighted by Gasteiger charge is -2.35. The van der Waals surface area contributed by atoms with Crippen molar-refractivity contribution in [2.75, 3.05) is 53.4 Å². The number of guanidine groups is 1. The first-order valence-electron chi connectivity index (χ1n) is 9.49. The molecule has 1 fully saturated rings. The predicted molar refractivity (Wildman–Crippen MR) is 117 cm³/mol. The van der Waals surface area contributed by atoms with Crippen molar-refractivity contribution in [2.24, 2.45) is 4.99 Å². The average Bonchev–Trinajstić information content (AvgIpc) is 2.66. The van der Waals surface area contributed by atoms with Gasteiger partial charge in [-0.3, -0.25) is 9.89 Å². The van der Waals surface area contributed by atoms with Gasteiger partial charge < -0.3 is 15.0 Å². The summed E-state index contributed by atoms with van der Waals surface area (Å²) in [6.07, 6.45) is -8.73. The lowest BCUT2D eigenvalue weighted by Crippen LogP contribution is -2.48. The van der Waals surface area contributed by atoms with Crippen LogP contribution in [0.4, 0.5) is 26.3 Å². The highest BCUT2D eigenvalue weighted by Gasteiger charge is 2.32. The van der Waals surface area contributed by atoms with Crippen molar-refractivity contribution in [3.05, 3.63) is 35.4 Å². The highest BCUT2D eigenvalue weighted by atomic mass is 127. The number of aliphatic imine (C=N–C) groups is 1. The summed E-state index contributed by atoms with van der Waals surface area (Å²) < 4.78 is 81.6. The third-order valence-corrected chi connectivity index (χ3v) is 4.61. The van der Waals surface area contributed by atoms with Gasteiger partial charge >= 0.3 is 12.4 Å². The topological polar surface area (TPSA) is 40.1 Å². The van der Waals surface area contributed by atoms with E-state index < -0.39 is 30.6 Å². The van der Waals surface area contributed by atoms with Gasteiger partial charge in [0.2, 0.25) is 0 Å². The van der Waals surface area contributed by atoms with E-state index in [-0.39, 0.29) is 30.5 Å². The smallest absolute Gasteiger partial charge is 0.370 e. The minimum atomic E-state index is -4.43. The first-order valence-corrected chi connectivity index (χ1v) is 9.49. The van der Waals surface area contributed by atoms with Crippen molar-refractivity contribution in [2.45, 2.75) is 24.9 Å². The lowest BCUT2D eigenvalue weighted by molar-refractivity contribution is -0.143. The molecule has 2 rings (SSSR count). The Labute approximate surface area is 194 Å². The fraction of sp³-hybridized carbons (Fsp3) is 0.632. The Hall–Kier alpha value is -1.28. The number of nitrogens with zero attached hydrogens (tertiary/aromatic N) is 3. The SMILES string of the molecule is CN=C(NCCCN(C)CC(F)(F)F)N1CCOC(c2cccc(C(F)(F)F)c2)C1.I. The third kappa shape index (κ3) is 9.39. The second-order valence-electron chi connectivity index (χ2n) is 7.11. The third-order valence-electron chi connectivity index (χ3n) is 4.61. The quantitative estimate of drug-likeness (QED) is 0.184. The number of rotatable bonds is 6. The van der Waals surface area contributed by atoms with Gasteiger partial charge in [0, 0.05) is 20.1 Å². The van der Waals surface area contributed by atoms with E-state index in [4.69, 9.17) is 4.74 Å². The van der Waals surface area contributed by atoms with Crippen LogP contribution in [0.15, 0.2) is 29.3 Å². The predicted octanol–water partition coefficient (Wildman–Crippen LogP) is 4.16. The van der Waals surface area contributed by atoms with E-state index in [1.807, 2.05) is 4.90 Å². The normalized spacial score (nSPS) is 18.2. The van der Waals surface area contributed by atoms with E-state index in [1.165, 1.54) is 18.0 Å². The molecule has 1 aliphatic heterocycles. The van der Waals surface area contributed by atoms with E-state index in [1.54, 1.807) is 13.1 Å². The van der Waals surface area contributed by atoms with Crippen LogP contribution in [0, 0.1) is 0 Å².